The maximum Gasteiger partial charge on any atom is 0.332 e. The Bertz CT molecular complexity index is 1170. The van der Waals surface area contributed by atoms with E-state index in [1.54, 1.807) is 27.7 Å². The maximum absolute atomic E-state index is 15.7. The number of nitrogens with one attached hydrogen (secondary N) is 1. The van der Waals surface area contributed by atoms with Gasteiger partial charge in [-0.05, 0) is 111 Å². The highest BCUT2D eigenvalue weighted by molar-refractivity contribution is 6.13. The van der Waals surface area contributed by atoms with Gasteiger partial charge < -0.3 is 24.4 Å². The average Bonchev–Trinajstić information content (AvgIpc) is 3.28. The van der Waals surface area contributed by atoms with Crippen LogP contribution in [-0.2, 0) is 19.0 Å². The number of aliphatic hydroxyl groups excluding tert-OH is 1. The summed E-state index contributed by atoms with van der Waals surface area (Å²) in [6.07, 6.45) is 4.04. The first-order chi connectivity index (χ1) is 20.2. The summed E-state index contributed by atoms with van der Waals surface area (Å²) in [5.74, 6) is -3.87. The molecule has 6 rings (SSSR count). The van der Waals surface area contributed by atoms with Gasteiger partial charge in [0.05, 0.1) is 30.0 Å². The lowest BCUT2D eigenvalue weighted by atomic mass is 9.41. The molecule has 5 aliphatic carbocycles. The summed E-state index contributed by atoms with van der Waals surface area (Å²) in [5, 5.41) is 22.7. The van der Waals surface area contributed by atoms with Gasteiger partial charge in [0.2, 0.25) is 0 Å². The largest absolute Gasteiger partial charge is 0.460 e. The van der Waals surface area contributed by atoms with E-state index in [0.717, 1.165) is 32.1 Å². The van der Waals surface area contributed by atoms with Crippen molar-refractivity contribution < 1.29 is 38.0 Å². The molecule has 0 amide bonds. The van der Waals surface area contributed by atoms with Crippen LogP contribution in [-0.4, -0.2) is 71.4 Å². The van der Waals surface area contributed by atoms with Crippen molar-refractivity contribution in [1.29, 1.82) is 0 Å². The van der Waals surface area contributed by atoms with Crippen LogP contribution < -0.4 is 4.84 Å². The lowest BCUT2D eigenvalue weighted by molar-refractivity contribution is -0.252. The van der Waals surface area contributed by atoms with Gasteiger partial charge in [-0.15, -0.1) is 0 Å². The number of carbonyl (C=O) groups excluding carboxylic acids is 1. The molecule has 0 aromatic carbocycles. The van der Waals surface area contributed by atoms with E-state index >= 15 is 8.78 Å². The molecular weight excluding hydrogens is 592 g/mol. The molecule has 6 fully saturated rings. The Balaban J connectivity index is 1.35. The zero-order valence-corrected chi connectivity index (χ0v) is 28.4. The molecule has 5 saturated carbocycles. The first-order valence-corrected chi connectivity index (χ1v) is 17.2. The summed E-state index contributed by atoms with van der Waals surface area (Å²) >= 11 is 5.50. The topological polar surface area (TPSA) is 97.2 Å². The van der Waals surface area contributed by atoms with Crippen LogP contribution in [0.2, 0.25) is 0 Å². The Morgan fingerprint density at radius 3 is 2.34 bits per heavy atom. The zero-order valence-electron chi connectivity index (χ0n) is 27.6. The minimum Gasteiger partial charge on any atom is -0.460 e. The molecule has 44 heavy (non-hydrogen) atoms. The Hall–Kier alpha value is -0.580. The summed E-state index contributed by atoms with van der Waals surface area (Å²) in [6, 6.07) is 0. The molecule has 0 radical (unpaired) electrons. The van der Waals surface area contributed by atoms with Gasteiger partial charge in [-0.2, -0.15) is 0 Å². The van der Waals surface area contributed by atoms with Gasteiger partial charge in [0, 0.05) is 30.2 Å². The summed E-state index contributed by atoms with van der Waals surface area (Å²) in [4.78, 5) is 15.6. The van der Waals surface area contributed by atoms with E-state index in [1.165, 1.54) is 0 Å². The second-order valence-corrected chi connectivity index (χ2v) is 17.6. The highest BCUT2D eigenvalue weighted by atomic mass is 35.5. The van der Waals surface area contributed by atoms with Crippen molar-refractivity contribution in [3.63, 3.8) is 0 Å². The lowest BCUT2D eigenvalue weighted by Crippen LogP contribution is -2.64. The third-order valence-electron chi connectivity index (χ3n) is 14.7. The number of fused-ring (bicyclic) bond motifs is 2. The van der Waals surface area contributed by atoms with E-state index in [-0.39, 0.29) is 59.2 Å². The number of aliphatic hydroxyl groups is 2. The molecule has 0 aromatic rings. The number of rotatable bonds is 8. The molecule has 3 N–H and O–H groups in total. The summed E-state index contributed by atoms with van der Waals surface area (Å²) in [6.45, 7) is 14.0. The second-order valence-electron chi connectivity index (χ2n) is 17.3. The molecule has 0 unspecified atom stereocenters. The monoisotopic (exact) mass is 645 g/mol. The molecule has 1 aliphatic heterocycles. The number of ether oxygens (including phenoxy) is 3. The number of hydrogen-bond donors (Lipinski definition) is 3. The number of carbonyl (C=O) groups is 1. The maximum atomic E-state index is 15.7. The van der Waals surface area contributed by atoms with Crippen LogP contribution in [0.3, 0.4) is 0 Å². The Kier molecular flexibility index (Phi) is 7.73. The predicted molar refractivity (Wildman–Crippen MR) is 162 cm³/mol. The van der Waals surface area contributed by atoms with E-state index in [1.807, 2.05) is 0 Å². The molecule has 10 heteroatoms. The van der Waals surface area contributed by atoms with Crippen molar-refractivity contribution in [2.45, 2.75) is 142 Å². The molecule has 0 bridgehead atoms. The minimum atomic E-state index is -2.86. The summed E-state index contributed by atoms with van der Waals surface area (Å²) < 4.78 is 49.7. The molecule has 0 aromatic heterocycles. The quantitative estimate of drug-likeness (QED) is 0.169. The van der Waals surface area contributed by atoms with E-state index < -0.39 is 46.6 Å². The Morgan fingerprint density at radius 1 is 1.02 bits per heavy atom. The fourth-order valence-corrected chi connectivity index (χ4v) is 12.7. The van der Waals surface area contributed by atoms with Gasteiger partial charge in [-0.3, -0.25) is 0 Å². The Labute approximate surface area is 266 Å². The predicted octanol–water partition coefficient (Wildman–Crippen LogP) is 6.02. The van der Waals surface area contributed by atoms with Crippen LogP contribution in [0.5, 0.6) is 0 Å². The van der Waals surface area contributed by atoms with Crippen LogP contribution in [0, 0.1) is 44.8 Å². The standard InChI is InChI=1S/C34H54ClF2NO6/c1-27(2)26-21(43-24(40)18-42-15-14-38-35)16-22-30(6)17-20(39)25(31(7)9-8-23(44-31)28(3,4)41)29(30,5)10-11-32(22)19-33(26,32)12-13-34(27,36)37/h20-23,25-26,38-39,41H,8-19H2,1-7H3/t20-,21-,22-,23-,25-,26-,29+,30-,31-,32-,33+/m0/s1. The van der Waals surface area contributed by atoms with Crippen molar-refractivity contribution in [2.24, 2.45) is 44.8 Å². The highest BCUT2D eigenvalue weighted by Gasteiger charge is 2.86. The minimum absolute atomic E-state index is 0.104. The van der Waals surface area contributed by atoms with Gasteiger partial charge in [0.15, 0.2) is 0 Å². The molecule has 1 heterocycles. The van der Waals surface area contributed by atoms with Gasteiger partial charge in [0.1, 0.15) is 12.7 Å². The van der Waals surface area contributed by atoms with Gasteiger partial charge in [0.25, 0.3) is 5.92 Å². The smallest absolute Gasteiger partial charge is 0.332 e. The van der Waals surface area contributed by atoms with Crippen LogP contribution in [0.15, 0.2) is 0 Å². The SMILES string of the molecule is CC(C)(O)[C@@H]1CC[C@@](C)([C@H]2[C@@H](O)C[C@@]3(C)[C@@H]4C[C@H](OC(=O)COCCNCl)[C@H]5C(C)(C)C(F)(F)CC[C@@]56C[C@@]46CC[C@]23C)O1. The highest BCUT2D eigenvalue weighted by Crippen LogP contribution is 2.90. The summed E-state index contributed by atoms with van der Waals surface area (Å²) in [5.41, 5.74) is -3.89. The van der Waals surface area contributed by atoms with Crippen molar-refractivity contribution in [1.82, 2.24) is 4.84 Å². The van der Waals surface area contributed by atoms with E-state index in [4.69, 9.17) is 26.0 Å². The molecular formula is C34H54ClF2NO6. The van der Waals surface area contributed by atoms with Crippen molar-refractivity contribution in [2.75, 3.05) is 19.8 Å². The van der Waals surface area contributed by atoms with Gasteiger partial charge >= 0.3 is 5.97 Å². The fourth-order valence-electron chi connectivity index (χ4n) is 12.6. The normalized spacial score (nSPS) is 50.3. The molecule has 7 nitrogen and oxygen atoms in total. The van der Waals surface area contributed by atoms with Crippen LogP contribution in [0.25, 0.3) is 0 Å². The lowest BCUT2D eigenvalue weighted by Gasteiger charge is -2.65. The number of halogens is 3. The summed E-state index contributed by atoms with van der Waals surface area (Å²) in [7, 11) is 0. The molecule has 6 aliphatic rings. The second kappa shape index (κ2) is 10.2. The fraction of sp³-hybridized carbons (Fsp3) is 0.971. The van der Waals surface area contributed by atoms with E-state index in [9.17, 15) is 15.0 Å². The van der Waals surface area contributed by atoms with Crippen LogP contribution in [0.1, 0.15) is 106 Å². The molecule has 11 atom stereocenters. The molecule has 252 valence electrons. The van der Waals surface area contributed by atoms with Gasteiger partial charge in [-0.25, -0.2) is 18.4 Å². The zero-order chi connectivity index (χ0) is 32.4. The van der Waals surface area contributed by atoms with Crippen LogP contribution >= 0.6 is 11.8 Å². The number of alkyl halides is 2. The van der Waals surface area contributed by atoms with Crippen molar-refractivity contribution in [3.05, 3.63) is 0 Å². The average molecular weight is 646 g/mol. The van der Waals surface area contributed by atoms with Crippen molar-refractivity contribution in [3.8, 4) is 0 Å². The van der Waals surface area contributed by atoms with Crippen molar-refractivity contribution >= 4 is 17.7 Å². The molecule has 2 spiro atoms. The van der Waals surface area contributed by atoms with Crippen LogP contribution in [0.4, 0.5) is 8.78 Å². The van der Waals surface area contributed by atoms with E-state index in [2.05, 4.69) is 25.6 Å². The van der Waals surface area contributed by atoms with E-state index in [0.29, 0.717) is 25.8 Å². The number of hydrogen-bond acceptors (Lipinski definition) is 7. The Morgan fingerprint density at radius 2 is 1.70 bits per heavy atom. The number of esters is 1. The first kappa shape index (κ1) is 33.3. The molecule has 1 saturated heterocycles. The van der Waals surface area contributed by atoms with Gasteiger partial charge in [-0.1, -0.05) is 27.7 Å². The third kappa shape index (κ3) is 4.37. The third-order valence-corrected chi connectivity index (χ3v) is 14.9. The first-order valence-electron chi connectivity index (χ1n) is 16.8.